The van der Waals surface area contributed by atoms with Crippen molar-refractivity contribution in [3.05, 3.63) is 45.5 Å². The smallest absolute Gasteiger partial charge is 0.361 e. The second-order valence-corrected chi connectivity index (χ2v) is 9.58. The van der Waals surface area contributed by atoms with Crippen molar-refractivity contribution in [2.45, 2.75) is 23.2 Å². The number of aromatic nitrogens is 2. The molecule has 0 radical (unpaired) electrons. The summed E-state index contributed by atoms with van der Waals surface area (Å²) in [5.41, 5.74) is 1.30. The maximum atomic E-state index is 12.9. The molecule has 138 valence electrons. The average molecular weight is 441 g/mol. The summed E-state index contributed by atoms with van der Waals surface area (Å²) in [6.45, 7) is 0. The molecule has 0 bridgehead atoms. The van der Waals surface area contributed by atoms with Crippen molar-refractivity contribution in [3.63, 3.8) is 0 Å². The van der Waals surface area contributed by atoms with Crippen LogP contribution in [0, 0.1) is 0 Å². The highest BCUT2D eigenvalue weighted by Crippen LogP contribution is 2.37. The number of halogens is 2. The van der Waals surface area contributed by atoms with Gasteiger partial charge in [0.1, 0.15) is 33.1 Å². The van der Waals surface area contributed by atoms with Gasteiger partial charge in [-0.1, -0.05) is 23.2 Å². The molecule has 2 unspecified atom stereocenters. The summed E-state index contributed by atoms with van der Waals surface area (Å²) >= 11 is 13.7. The van der Waals surface area contributed by atoms with E-state index in [2.05, 4.69) is 15.3 Å². The Hall–Kier alpha value is -1.87. The molecule has 1 aliphatic heterocycles. The molecule has 1 aromatic carbocycles. The summed E-state index contributed by atoms with van der Waals surface area (Å²) in [6.07, 6.45) is 1.35. The molecule has 4 rings (SSSR count). The number of carboxylic acids is 1. The molecule has 0 spiro atoms. The van der Waals surface area contributed by atoms with Crippen LogP contribution < -0.4 is 5.32 Å². The quantitative estimate of drug-likeness (QED) is 0.596. The van der Waals surface area contributed by atoms with Crippen LogP contribution in [0.2, 0.25) is 10.0 Å². The molecule has 10 heteroatoms. The van der Waals surface area contributed by atoms with E-state index in [1.165, 1.54) is 11.3 Å². The average Bonchev–Trinajstić information content (AvgIpc) is 3.05. The van der Waals surface area contributed by atoms with Crippen LogP contribution in [0.3, 0.4) is 0 Å². The molecule has 3 aromatic rings. The second kappa shape index (κ2) is 7.27. The van der Waals surface area contributed by atoms with Gasteiger partial charge in [-0.25, -0.2) is 14.8 Å². The van der Waals surface area contributed by atoms with Crippen LogP contribution in [0.1, 0.15) is 11.4 Å². The van der Waals surface area contributed by atoms with E-state index in [1.807, 2.05) is 6.07 Å². The summed E-state index contributed by atoms with van der Waals surface area (Å²) in [5, 5.41) is 14.1. The number of carboxylic acid groups (broad SMARTS) is 1. The number of nitrogens with zero attached hydrogens (tertiary/aromatic N) is 2. The van der Waals surface area contributed by atoms with E-state index in [-0.39, 0.29) is 11.5 Å². The topological polar surface area (TPSA) is 92.2 Å². The van der Waals surface area contributed by atoms with Gasteiger partial charge in [-0.3, -0.25) is 4.79 Å². The Labute approximate surface area is 170 Å². The summed E-state index contributed by atoms with van der Waals surface area (Å²) in [5.74, 6) is -0.674. The number of aliphatic carboxylic acids is 1. The second-order valence-electron chi connectivity index (χ2n) is 5.82. The largest absolute Gasteiger partial charge is 0.481 e. The summed E-state index contributed by atoms with van der Waals surface area (Å²) in [7, 11) is -0.904. The highest BCUT2D eigenvalue weighted by atomic mass is 35.5. The fraction of sp³-hybridized carbons (Fsp3) is 0.176. The summed E-state index contributed by atoms with van der Waals surface area (Å²) in [4.78, 5) is 33.0. The molecule has 0 amide bonds. The molecule has 2 aromatic heterocycles. The van der Waals surface area contributed by atoms with E-state index in [9.17, 15) is 9.59 Å². The van der Waals surface area contributed by atoms with Crippen LogP contribution in [0.4, 0.5) is 5.69 Å². The van der Waals surface area contributed by atoms with E-state index >= 15 is 0 Å². The Balaban J connectivity index is 1.72. The Morgan fingerprint density at radius 3 is 2.93 bits per heavy atom. The van der Waals surface area contributed by atoms with Crippen molar-refractivity contribution >= 4 is 72.4 Å². The van der Waals surface area contributed by atoms with Gasteiger partial charge in [-0.15, -0.1) is 11.3 Å². The molecule has 1 aliphatic rings. The first kappa shape index (κ1) is 18.5. The highest BCUT2D eigenvalue weighted by molar-refractivity contribution is 8.10. The predicted molar refractivity (Wildman–Crippen MR) is 108 cm³/mol. The number of hydrogen-bond acceptors (Lipinski definition) is 6. The SMILES string of the molecule is O=C(O)CC1Nc2cccnc2[S+](Cc2nc3c(Cl)c(Cl)ccc3s2)C1=O. The van der Waals surface area contributed by atoms with E-state index in [4.69, 9.17) is 28.3 Å². The Morgan fingerprint density at radius 2 is 2.15 bits per heavy atom. The van der Waals surface area contributed by atoms with Gasteiger partial charge in [-0.2, -0.15) is 0 Å². The molecule has 27 heavy (non-hydrogen) atoms. The number of rotatable bonds is 4. The lowest BCUT2D eigenvalue weighted by atomic mass is 10.2. The van der Waals surface area contributed by atoms with Gasteiger partial charge in [0.05, 0.1) is 21.2 Å². The van der Waals surface area contributed by atoms with E-state index < -0.39 is 22.9 Å². The van der Waals surface area contributed by atoms with Crippen molar-refractivity contribution in [1.29, 1.82) is 0 Å². The summed E-state index contributed by atoms with van der Waals surface area (Å²) in [6, 6.07) is 6.33. The van der Waals surface area contributed by atoms with Crippen molar-refractivity contribution in [2.24, 2.45) is 0 Å². The predicted octanol–water partition coefficient (Wildman–Crippen LogP) is 3.97. The molecule has 0 aliphatic carbocycles. The normalized spacial score (nSPS) is 19.0. The molecule has 0 saturated heterocycles. The molecule has 0 fully saturated rings. The van der Waals surface area contributed by atoms with Crippen molar-refractivity contribution in [3.8, 4) is 0 Å². The number of thiazole rings is 1. The highest BCUT2D eigenvalue weighted by Gasteiger charge is 2.47. The number of fused-ring (bicyclic) bond motifs is 2. The third-order valence-electron chi connectivity index (χ3n) is 4.00. The van der Waals surface area contributed by atoms with Crippen molar-refractivity contribution in [2.75, 3.05) is 5.32 Å². The molecule has 2 N–H and O–H groups in total. The molecule has 6 nitrogen and oxygen atoms in total. The first-order valence-electron chi connectivity index (χ1n) is 7.85. The monoisotopic (exact) mass is 440 g/mol. The third-order valence-corrected chi connectivity index (χ3v) is 8.13. The number of anilines is 1. The van der Waals surface area contributed by atoms with Crippen LogP contribution in [0.15, 0.2) is 35.5 Å². The van der Waals surface area contributed by atoms with E-state index in [0.29, 0.717) is 32.0 Å². The number of carbonyl (C=O) groups is 2. The number of nitrogens with one attached hydrogen (secondary N) is 1. The zero-order valence-corrected chi connectivity index (χ0v) is 16.8. The number of benzene rings is 1. The van der Waals surface area contributed by atoms with Gasteiger partial charge >= 0.3 is 11.1 Å². The molecular weight excluding hydrogens is 429 g/mol. The van der Waals surface area contributed by atoms with Crippen LogP contribution in [0.5, 0.6) is 0 Å². The van der Waals surface area contributed by atoms with Crippen LogP contribution in [-0.4, -0.2) is 32.2 Å². The maximum absolute atomic E-state index is 12.9. The number of carbonyl (C=O) groups excluding carboxylic acids is 1. The fourth-order valence-corrected chi connectivity index (χ4v) is 6.45. The first-order valence-corrected chi connectivity index (χ1v) is 10.8. The van der Waals surface area contributed by atoms with Crippen LogP contribution in [0.25, 0.3) is 10.2 Å². The molecule has 2 atom stereocenters. The molecule has 0 saturated carbocycles. The zero-order valence-electron chi connectivity index (χ0n) is 13.6. The Morgan fingerprint density at radius 1 is 1.33 bits per heavy atom. The standard InChI is InChI=1S/C17H11Cl2N3O3S2/c18-8-3-4-11-15(14(8)19)22-12(26-11)7-27-16-9(2-1-5-20-16)21-10(17(27)25)6-13(23)24/h1-5,10,21H,6-7H2/p+1. The number of pyridine rings is 1. The van der Waals surface area contributed by atoms with Crippen LogP contribution in [-0.2, 0) is 26.2 Å². The van der Waals surface area contributed by atoms with Gasteiger partial charge < -0.3 is 10.4 Å². The van der Waals surface area contributed by atoms with E-state index in [1.54, 1.807) is 24.4 Å². The molecular formula is C17H12Cl2N3O3S2+. The lowest BCUT2D eigenvalue weighted by Crippen LogP contribution is -2.42. The summed E-state index contributed by atoms with van der Waals surface area (Å²) < 4.78 is 0.883. The van der Waals surface area contributed by atoms with Gasteiger partial charge in [0.25, 0.3) is 5.03 Å². The van der Waals surface area contributed by atoms with Crippen molar-refractivity contribution < 1.29 is 14.7 Å². The Kier molecular flexibility index (Phi) is 4.98. The Bertz CT molecular complexity index is 1070. The van der Waals surface area contributed by atoms with E-state index in [0.717, 1.165) is 9.71 Å². The minimum absolute atomic E-state index is 0.174. The first-order chi connectivity index (χ1) is 12.9. The minimum Gasteiger partial charge on any atom is -0.481 e. The van der Waals surface area contributed by atoms with Gasteiger partial charge in [0, 0.05) is 6.20 Å². The minimum atomic E-state index is -1.03. The van der Waals surface area contributed by atoms with Crippen molar-refractivity contribution in [1.82, 2.24) is 9.97 Å². The van der Waals surface area contributed by atoms with Gasteiger partial charge in [0.15, 0.2) is 5.75 Å². The van der Waals surface area contributed by atoms with Gasteiger partial charge in [-0.05, 0) is 24.3 Å². The van der Waals surface area contributed by atoms with Crippen LogP contribution >= 0.6 is 34.5 Å². The zero-order chi connectivity index (χ0) is 19.1. The maximum Gasteiger partial charge on any atom is 0.361 e. The van der Waals surface area contributed by atoms with Gasteiger partial charge in [0.2, 0.25) is 0 Å². The molecule has 3 heterocycles. The lowest BCUT2D eigenvalue weighted by Gasteiger charge is -2.22. The number of hydrogen-bond donors (Lipinski definition) is 2. The lowest BCUT2D eigenvalue weighted by molar-refractivity contribution is -0.138. The third kappa shape index (κ3) is 3.50. The fourth-order valence-electron chi connectivity index (χ4n) is 2.83.